The number of unbranched alkanes of at least 4 members (excludes halogenated alkanes) is 2. The molecule has 1 saturated carbocycles. The van der Waals surface area contributed by atoms with E-state index in [2.05, 4.69) is 6.92 Å². The molecule has 0 N–H and O–H groups in total. The van der Waals surface area contributed by atoms with E-state index in [0.717, 1.165) is 18.8 Å². The second-order valence-electron chi connectivity index (χ2n) is 4.62. The highest BCUT2D eigenvalue weighted by Crippen LogP contribution is 2.34. The van der Waals surface area contributed by atoms with Crippen molar-refractivity contribution in [2.75, 3.05) is 6.61 Å². The van der Waals surface area contributed by atoms with Gasteiger partial charge in [0.05, 0.1) is 12.5 Å². The molecular weight excluding hydrogens is 188 g/mol. The number of ether oxygens (including phenoxy) is 1. The summed E-state index contributed by atoms with van der Waals surface area (Å²) in [7, 11) is 0. The molecule has 88 valence electrons. The van der Waals surface area contributed by atoms with E-state index < -0.39 is 0 Å². The molecule has 1 rings (SSSR count). The average molecular weight is 212 g/mol. The maximum atomic E-state index is 11.5. The molecule has 0 bridgehead atoms. The van der Waals surface area contributed by atoms with Gasteiger partial charge >= 0.3 is 5.97 Å². The van der Waals surface area contributed by atoms with E-state index in [0.29, 0.717) is 6.61 Å². The van der Waals surface area contributed by atoms with Crippen LogP contribution in [-0.2, 0) is 9.53 Å². The van der Waals surface area contributed by atoms with Crippen molar-refractivity contribution in [2.45, 2.75) is 58.8 Å². The third-order valence-electron chi connectivity index (χ3n) is 3.38. The summed E-state index contributed by atoms with van der Waals surface area (Å²) in [6, 6.07) is 0. The first-order valence-electron chi connectivity index (χ1n) is 6.44. The Morgan fingerprint density at radius 1 is 1.27 bits per heavy atom. The Balaban J connectivity index is 2.17. The fraction of sp³-hybridized carbons (Fsp3) is 0.923. The van der Waals surface area contributed by atoms with Gasteiger partial charge in [0.1, 0.15) is 0 Å². The predicted octanol–water partition coefficient (Wildman–Crippen LogP) is 3.55. The van der Waals surface area contributed by atoms with Crippen molar-refractivity contribution in [1.82, 2.24) is 0 Å². The smallest absolute Gasteiger partial charge is 0.308 e. The molecule has 0 radical (unpaired) electrons. The van der Waals surface area contributed by atoms with Crippen LogP contribution in [0.25, 0.3) is 0 Å². The van der Waals surface area contributed by atoms with Gasteiger partial charge in [0, 0.05) is 0 Å². The Bertz CT molecular complexity index is 189. The number of hydrogen-bond acceptors (Lipinski definition) is 2. The molecule has 2 heteroatoms. The molecule has 0 spiro atoms. The highest BCUT2D eigenvalue weighted by molar-refractivity contribution is 5.72. The molecule has 2 nitrogen and oxygen atoms in total. The Morgan fingerprint density at radius 3 is 2.73 bits per heavy atom. The molecular formula is C13H24O2. The van der Waals surface area contributed by atoms with E-state index >= 15 is 0 Å². The number of rotatable bonds is 6. The second-order valence-corrected chi connectivity index (χ2v) is 4.62. The van der Waals surface area contributed by atoms with Crippen LogP contribution in [0.2, 0.25) is 0 Å². The van der Waals surface area contributed by atoms with Gasteiger partial charge in [-0.25, -0.2) is 0 Å². The van der Waals surface area contributed by atoms with E-state index in [-0.39, 0.29) is 11.9 Å². The van der Waals surface area contributed by atoms with Crippen molar-refractivity contribution in [2.24, 2.45) is 11.8 Å². The first-order valence-corrected chi connectivity index (χ1v) is 6.44. The summed E-state index contributed by atoms with van der Waals surface area (Å²) >= 11 is 0. The third-order valence-corrected chi connectivity index (χ3v) is 3.38. The number of hydrogen-bond donors (Lipinski definition) is 0. The molecule has 0 aromatic heterocycles. The van der Waals surface area contributed by atoms with Gasteiger partial charge in [0.15, 0.2) is 0 Å². The SMILES string of the molecule is CCCCC[C@@H]1CC[C@H](C(=O)OCC)C1. The van der Waals surface area contributed by atoms with Crippen molar-refractivity contribution in [3.63, 3.8) is 0 Å². The normalized spacial score (nSPS) is 25.5. The van der Waals surface area contributed by atoms with Crippen molar-refractivity contribution in [3.8, 4) is 0 Å². The molecule has 1 aliphatic carbocycles. The number of carbonyl (C=O) groups is 1. The molecule has 0 amide bonds. The minimum atomic E-state index is 0.0375. The molecule has 0 aromatic rings. The highest BCUT2D eigenvalue weighted by atomic mass is 16.5. The summed E-state index contributed by atoms with van der Waals surface area (Å²) in [5, 5.41) is 0. The zero-order chi connectivity index (χ0) is 11.1. The van der Waals surface area contributed by atoms with E-state index in [1.807, 2.05) is 6.92 Å². The first kappa shape index (κ1) is 12.5. The van der Waals surface area contributed by atoms with Crippen LogP contribution in [0.3, 0.4) is 0 Å². The van der Waals surface area contributed by atoms with E-state index in [1.165, 1.54) is 32.1 Å². The Hall–Kier alpha value is -0.530. The fourth-order valence-electron chi connectivity index (χ4n) is 2.49. The molecule has 0 unspecified atom stereocenters. The Kier molecular flexibility index (Phi) is 5.74. The number of esters is 1. The van der Waals surface area contributed by atoms with Crippen LogP contribution in [-0.4, -0.2) is 12.6 Å². The van der Waals surface area contributed by atoms with Gasteiger partial charge in [-0.15, -0.1) is 0 Å². The summed E-state index contributed by atoms with van der Waals surface area (Å²) < 4.78 is 5.06. The second kappa shape index (κ2) is 6.86. The minimum absolute atomic E-state index is 0.0375. The fourth-order valence-corrected chi connectivity index (χ4v) is 2.49. The zero-order valence-corrected chi connectivity index (χ0v) is 10.1. The van der Waals surface area contributed by atoms with Gasteiger partial charge in [0.2, 0.25) is 0 Å². The standard InChI is InChI=1S/C13H24O2/c1-3-5-6-7-11-8-9-12(10-11)13(14)15-4-2/h11-12H,3-10H2,1-2H3/t11-,12+/m1/s1. The monoisotopic (exact) mass is 212 g/mol. The van der Waals surface area contributed by atoms with Gasteiger partial charge in [-0.3, -0.25) is 4.79 Å². The lowest BCUT2D eigenvalue weighted by atomic mass is 9.98. The molecule has 1 aliphatic rings. The molecule has 0 aromatic carbocycles. The molecule has 15 heavy (non-hydrogen) atoms. The maximum absolute atomic E-state index is 11.5. The van der Waals surface area contributed by atoms with Crippen LogP contribution in [0.1, 0.15) is 58.8 Å². The van der Waals surface area contributed by atoms with Gasteiger partial charge in [-0.05, 0) is 32.1 Å². The van der Waals surface area contributed by atoms with Crippen molar-refractivity contribution >= 4 is 5.97 Å². The third kappa shape index (κ3) is 4.23. The van der Waals surface area contributed by atoms with Crippen molar-refractivity contribution < 1.29 is 9.53 Å². The quantitative estimate of drug-likeness (QED) is 0.497. The van der Waals surface area contributed by atoms with Crippen molar-refractivity contribution in [1.29, 1.82) is 0 Å². The first-order chi connectivity index (χ1) is 7.27. The van der Waals surface area contributed by atoms with E-state index in [4.69, 9.17) is 4.74 Å². The highest BCUT2D eigenvalue weighted by Gasteiger charge is 2.30. The molecule has 1 fully saturated rings. The maximum Gasteiger partial charge on any atom is 0.308 e. The summed E-state index contributed by atoms with van der Waals surface area (Å²) in [5.41, 5.74) is 0. The lowest BCUT2D eigenvalue weighted by Gasteiger charge is -2.10. The summed E-state index contributed by atoms with van der Waals surface area (Å²) in [6.07, 6.45) is 8.61. The lowest BCUT2D eigenvalue weighted by Crippen LogP contribution is -2.14. The van der Waals surface area contributed by atoms with Gasteiger partial charge in [-0.2, -0.15) is 0 Å². The Morgan fingerprint density at radius 2 is 2.07 bits per heavy atom. The van der Waals surface area contributed by atoms with Crippen LogP contribution in [0.5, 0.6) is 0 Å². The molecule has 0 saturated heterocycles. The van der Waals surface area contributed by atoms with Gasteiger partial charge in [-0.1, -0.05) is 32.6 Å². The van der Waals surface area contributed by atoms with Gasteiger partial charge < -0.3 is 4.74 Å². The lowest BCUT2D eigenvalue weighted by molar-refractivity contribution is -0.147. The average Bonchev–Trinajstić information content (AvgIpc) is 2.67. The molecule has 2 atom stereocenters. The van der Waals surface area contributed by atoms with E-state index in [1.54, 1.807) is 0 Å². The van der Waals surface area contributed by atoms with Crippen LogP contribution < -0.4 is 0 Å². The summed E-state index contributed by atoms with van der Waals surface area (Å²) in [4.78, 5) is 11.5. The van der Waals surface area contributed by atoms with Crippen molar-refractivity contribution in [3.05, 3.63) is 0 Å². The van der Waals surface area contributed by atoms with Crippen LogP contribution in [0.4, 0.5) is 0 Å². The van der Waals surface area contributed by atoms with Crippen LogP contribution in [0, 0.1) is 11.8 Å². The molecule has 0 heterocycles. The summed E-state index contributed by atoms with van der Waals surface area (Å²) in [6.45, 7) is 4.64. The minimum Gasteiger partial charge on any atom is -0.466 e. The van der Waals surface area contributed by atoms with Gasteiger partial charge in [0.25, 0.3) is 0 Å². The summed E-state index contributed by atoms with van der Waals surface area (Å²) in [5.74, 6) is 1.03. The molecule has 0 aliphatic heterocycles. The predicted molar refractivity (Wildman–Crippen MR) is 61.6 cm³/mol. The largest absolute Gasteiger partial charge is 0.466 e. The number of carbonyl (C=O) groups excluding carboxylic acids is 1. The van der Waals surface area contributed by atoms with Crippen LogP contribution >= 0.6 is 0 Å². The van der Waals surface area contributed by atoms with E-state index in [9.17, 15) is 4.79 Å². The Labute approximate surface area is 93.4 Å². The zero-order valence-electron chi connectivity index (χ0n) is 10.1. The van der Waals surface area contributed by atoms with Crippen LogP contribution in [0.15, 0.2) is 0 Å². The topological polar surface area (TPSA) is 26.3 Å².